The van der Waals surface area contributed by atoms with Crippen LogP contribution in [0, 0.1) is 0 Å². The molecule has 3 rings (SSSR count). The molecular formula is C15H31N3O13P2. The molecule has 0 saturated carbocycles. The highest BCUT2D eigenvalue weighted by Gasteiger charge is 2.44. The Kier molecular flexibility index (Phi) is 9.42. The number of hydrogen-bond donors (Lipinski definition) is 7. The van der Waals surface area contributed by atoms with E-state index in [-0.39, 0.29) is 19.3 Å². The molecule has 0 bridgehead atoms. The first kappa shape index (κ1) is 27.5. The van der Waals surface area contributed by atoms with Crippen LogP contribution in [0.1, 0.15) is 19.3 Å². The number of aliphatic hydroxyl groups excluding tert-OH is 2. The quantitative estimate of drug-likeness (QED) is 0.139. The topological polar surface area (TPSA) is 258 Å². The predicted molar refractivity (Wildman–Crippen MR) is 107 cm³/mol. The number of ether oxygens (including phenoxy) is 3. The Labute approximate surface area is 189 Å². The number of nitrogens with two attached hydrogens (primary N) is 3. The van der Waals surface area contributed by atoms with Crippen LogP contribution in [0.25, 0.3) is 0 Å². The largest absolute Gasteiger partial charge is 0.472 e. The second-order valence-electron chi connectivity index (χ2n) is 7.91. The summed E-state index contributed by atoms with van der Waals surface area (Å²) in [6.45, 7) is -1.51. The van der Waals surface area contributed by atoms with Crippen molar-refractivity contribution >= 4 is 15.6 Å². The average molecular weight is 523 g/mol. The van der Waals surface area contributed by atoms with Crippen molar-refractivity contribution in [3.05, 3.63) is 0 Å². The van der Waals surface area contributed by atoms with E-state index in [2.05, 4.69) is 0 Å². The van der Waals surface area contributed by atoms with Gasteiger partial charge in [-0.05, 0) is 0 Å². The van der Waals surface area contributed by atoms with Crippen LogP contribution in [0.15, 0.2) is 0 Å². The summed E-state index contributed by atoms with van der Waals surface area (Å²) in [6.07, 6.45) is -8.20. The molecular weight excluding hydrogens is 492 g/mol. The van der Waals surface area contributed by atoms with E-state index in [4.69, 9.17) is 49.5 Å². The number of phosphoric acid groups is 2. The van der Waals surface area contributed by atoms with Gasteiger partial charge in [0.25, 0.3) is 0 Å². The van der Waals surface area contributed by atoms with E-state index < -0.39 is 90.8 Å². The van der Waals surface area contributed by atoms with Gasteiger partial charge in [0.1, 0.15) is 49.2 Å². The molecule has 2 unspecified atom stereocenters. The van der Waals surface area contributed by atoms with Crippen molar-refractivity contribution in [2.45, 2.75) is 74.6 Å². The van der Waals surface area contributed by atoms with E-state index in [1.54, 1.807) is 0 Å². The molecule has 3 aliphatic heterocycles. The van der Waals surface area contributed by atoms with Crippen LogP contribution in [0.2, 0.25) is 0 Å². The van der Waals surface area contributed by atoms with E-state index >= 15 is 0 Å². The van der Waals surface area contributed by atoms with Crippen molar-refractivity contribution in [3.63, 3.8) is 0 Å². The number of aliphatic hydroxyl groups is 2. The number of rotatable bonds is 11. The van der Waals surface area contributed by atoms with Crippen LogP contribution in [0.3, 0.4) is 0 Å². The summed E-state index contributed by atoms with van der Waals surface area (Å²) < 4.78 is 60.2. The summed E-state index contributed by atoms with van der Waals surface area (Å²) in [6, 6.07) is 0. The van der Waals surface area contributed by atoms with Crippen molar-refractivity contribution in [2.75, 3.05) is 19.8 Å². The van der Waals surface area contributed by atoms with Crippen LogP contribution in [-0.2, 0) is 41.4 Å². The molecule has 33 heavy (non-hydrogen) atoms. The van der Waals surface area contributed by atoms with Crippen molar-refractivity contribution in [1.29, 1.82) is 0 Å². The van der Waals surface area contributed by atoms with E-state index in [1.165, 1.54) is 0 Å². The fourth-order valence-electron chi connectivity index (χ4n) is 3.68. The third-order valence-electron chi connectivity index (χ3n) is 5.23. The maximum Gasteiger partial charge on any atom is 0.472 e. The Bertz CT molecular complexity index is 750. The maximum atomic E-state index is 12.3. The van der Waals surface area contributed by atoms with Crippen molar-refractivity contribution < 1.29 is 61.4 Å². The summed E-state index contributed by atoms with van der Waals surface area (Å²) in [5.74, 6) is 0. The predicted octanol–water partition coefficient (Wildman–Crippen LogP) is -2.43. The molecule has 18 heteroatoms. The Morgan fingerprint density at radius 1 is 0.758 bits per heavy atom. The zero-order valence-electron chi connectivity index (χ0n) is 17.5. The van der Waals surface area contributed by atoms with Crippen molar-refractivity contribution in [3.8, 4) is 0 Å². The number of hydrogen-bond acceptors (Lipinski definition) is 14. The number of phosphoric ester groups is 2. The third kappa shape index (κ3) is 7.95. The minimum Gasteiger partial charge on any atom is -0.394 e. The summed E-state index contributed by atoms with van der Waals surface area (Å²) in [4.78, 5) is 20.0. The highest BCUT2D eigenvalue weighted by Crippen LogP contribution is 2.50. The second kappa shape index (κ2) is 11.3. The highest BCUT2D eigenvalue weighted by atomic mass is 31.2. The van der Waals surface area contributed by atoms with Gasteiger partial charge in [0.15, 0.2) is 0 Å². The van der Waals surface area contributed by atoms with Crippen LogP contribution < -0.4 is 17.2 Å². The first-order valence-corrected chi connectivity index (χ1v) is 13.2. The Morgan fingerprint density at radius 3 is 1.67 bits per heavy atom. The van der Waals surface area contributed by atoms with Gasteiger partial charge in [0, 0.05) is 19.3 Å². The molecule has 3 saturated heterocycles. The molecule has 3 fully saturated rings. The first-order valence-electron chi connectivity index (χ1n) is 10.2. The monoisotopic (exact) mass is 523 g/mol. The normalized spacial score (nSPS) is 42.9. The Hall–Kier alpha value is -0.100. The molecule has 0 radical (unpaired) electrons. The minimum absolute atomic E-state index is 0.0378. The van der Waals surface area contributed by atoms with Crippen molar-refractivity contribution in [2.24, 2.45) is 17.2 Å². The molecule has 0 aromatic carbocycles. The van der Waals surface area contributed by atoms with Gasteiger partial charge in [-0.15, -0.1) is 0 Å². The van der Waals surface area contributed by atoms with Gasteiger partial charge in [-0.3, -0.25) is 18.1 Å². The zero-order valence-corrected chi connectivity index (χ0v) is 19.3. The molecule has 0 aromatic heterocycles. The summed E-state index contributed by atoms with van der Waals surface area (Å²) in [5, 5.41) is 19.0. The first-order chi connectivity index (χ1) is 15.4. The smallest absolute Gasteiger partial charge is 0.394 e. The third-order valence-corrected chi connectivity index (χ3v) is 7.26. The van der Waals surface area contributed by atoms with Crippen LogP contribution in [0.4, 0.5) is 0 Å². The van der Waals surface area contributed by atoms with Gasteiger partial charge in [-0.1, -0.05) is 0 Å². The lowest BCUT2D eigenvalue weighted by Crippen LogP contribution is -2.31. The molecule has 0 amide bonds. The van der Waals surface area contributed by atoms with Crippen LogP contribution in [-0.4, -0.2) is 95.1 Å². The zero-order chi connectivity index (χ0) is 24.4. The van der Waals surface area contributed by atoms with E-state index in [0.717, 1.165) is 0 Å². The molecule has 0 spiro atoms. The lowest BCUT2D eigenvalue weighted by atomic mass is 10.2. The van der Waals surface area contributed by atoms with Gasteiger partial charge in [0.05, 0.1) is 25.9 Å². The fourth-order valence-corrected chi connectivity index (χ4v) is 5.60. The molecule has 0 aromatic rings. The standard InChI is InChI=1S/C15H31N3O13P2/c16-13-1-7(20)11(28-13)5-25-32(21,22)31-9-3-15(18)29-12(9)6-26-33(23,24)30-8-2-14(17)27-10(8)4-19/h7-15,19-20H,1-6,16-18H2,(H,21,22)(H,23,24)/t7-,8+,9+,10-,11-,12+,13-,14+,15+/m0/s1. The van der Waals surface area contributed by atoms with Gasteiger partial charge in [-0.2, -0.15) is 0 Å². The Morgan fingerprint density at radius 2 is 1.18 bits per heavy atom. The van der Waals surface area contributed by atoms with Crippen LogP contribution >= 0.6 is 15.6 Å². The van der Waals surface area contributed by atoms with E-state index in [1.807, 2.05) is 0 Å². The summed E-state index contributed by atoms with van der Waals surface area (Å²) in [5.41, 5.74) is 16.8. The molecule has 11 atom stereocenters. The van der Waals surface area contributed by atoms with E-state index in [0.29, 0.717) is 0 Å². The molecule has 0 aliphatic carbocycles. The second-order valence-corrected chi connectivity index (χ2v) is 10.7. The van der Waals surface area contributed by atoms with Gasteiger partial charge in [0.2, 0.25) is 0 Å². The maximum absolute atomic E-state index is 12.3. The minimum atomic E-state index is -4.66. The van der Waals surface area contributed by atoms with Gasteiger partial charge in [-0.25, -0.2) is 9.13 Å². The fraction of sp³-hybridized carbons (Fsp3) is 1.00. The summed E-state index contributed by atoms with van der Waals surface area (Å²) >= 11 is 0. The van der Waals surface area contributed by atoms with E-state index in [9.17, 15) is 29.1 Å². The lowest BCUT2D eigenvalue weighted by Gasteiger charge is -2.24. The molecule has 10 N–H and O–H groups in total. The van der Waals surface area contributed by atoms with Gasteiger partial charge >= 0.3 is 15.6 Å². The Balaban J connectivity index is 1.50. The van der Waals surface area contributed by atoms with Crippen molar-refractivity contribution in [1.82, 2.24) is 0 Å². The highest BCUT2D eigenvalue weighted by molar-refractivity contribution is 7.47. The van der Waals surface area contributed by atoms with Gasteiger partial charge < -0.3 is 51.4 Å². The molecule has 16 nitrogen and oxygen atoms in total. The molecule has 3 aliphatic rings. The SMILES string of the molecule is N[C@@H]1C[C@H](O)[C@H](COP(=O)(O)O[C@@H]2C[C@H](N)O[C@@H]2COP(=O)(O)O[C@@H]2C[C@H](N)O[C@H]2CO)O1. The molecule has 194 valence electrons. The lowest BCUT2D eigenvalue weighted by molar-refractivity contribution is -0.0431. The van der Waals surface area contributed by atoms with Crippen LogP contribution in [0.5, 0.6) is 0 Å². The average Bonchev–Trinajstić information content (AvgIpc) is 3.33. The molecule has 3 heterocycles. The summed E-state index contributed by atoms with van der Waals surface area (Å²) in [7, 11) is -9.31.